The fourth-order valence-electron chi connectivity index (χ4n) is 2.92. The van der Waals surface area contributed by atoms with E-state index in [0.29, 0.717) is 38.9 Å². The number of methoxy groups -OCH3 is 1. The van der Waals surface area contributed by atoms with E-state index in [-0.39, 0.29) is 6.61 Å². The topological polar surface area (TPSA) is 96.9 Å². The largest absolute Gasteiger partial charge is 0.543 e. The first-order valence-electron chi connectivity index (χ1n) is 10.3. The van der Waals surface area contributed by atoms with Gasteiger partial charge < -0.3 is 29.4 Å². The van der Waals surface area contributed by atoms with Crippen LogP contribution in [0.5, 0.6) is 17.2 Å². The van der Waals surface area contributed by atoms with Crippen LogP contribution in [0.4, 0.5) is 0 Å². The van der Waals surface area contributed by atoms with Crippen LogP contribution in [0.15, 0.2) is 34.4 Å². The molecule has 0 aliphatic heterocycles. The van der Waals surface area contributed by atoms with Gasteiger partial charge in [0.2, 0.25) is 0 Å². The number of nitrogens with one attached hydrogen (secondary N) is 1. The third kappa shape index (κ3) is 7.68. The molecule has 33 heavy (non-hydrogen) atoms. The quantitative estimate of drug-likeness (QED) is 0.340. The van der Waals surface area contributed by atoms with Gasteiger partial charge in [0.25, 0.3) is 5.91 Å². The first kappa shape index (κ1) is 26.5. The maximum atomic E-state index is 12.3. The summed E-state index contributed by atoms with van der Waals surface area (Å²) in [4.78, 5) is 23.9. The number of halogens is 2. The molecule has 2 aromatic rings. The number of aryl methyl sites for hydroxylation is 2. The number of carbonyl (C=O) groups excluding carboxylic acids is 2. The zero-order valence-corrected chi connectivity index (χ0v) is 21.3. The number of carboxylic acids is 1. The van der Waals surface area contributed by atoms with E-state index in [1.54, 1.807) is 24.3 Å². The van der Waals surface area contributed by atoms with Crippen LogP contribution in [-0.4, -0.2) is 32.2 Å². The third-order valence-corrected chi connectivity index (χ3v) is 5.77. The lowest BCUT2D eigenvalue weighted by Gasteiger charge is -2.15. The van der Waals surface area contributed by atoms with Crippen molar-refractivity contribution in [3.8, 4) is 17.2 Å². The molecule has 0 radical (unpaired) electrons. The lowest BCUT2D eigenvalue weighted by Crippen LogP contribution is -2.37. The van der Waals surface area contributed by atoms with Gasteiger partial charge in [0.1, 0.15) is 5.75 Å². The maximum Gasteiger partial charge on any atom is 0.262 e. The number of amides is 1. The van der Waals surface area contributed by atoms with Gasteiger partial charge in [-0.3, -0.25) is 4.79 Å². The van der Waals surface area contributed by atoms with Gasteiger partial charge in [0.05, 0.1) is 29.9 Å². The monoisotopic (exact) mass is 538 g/mol. The predicted molar refractivity (Wildman–Crippen MR) is 129 cm³/mol. The fraction of sp³-hybridized carbons (Fsp3) is 0.333. The summed E-state index contributed by atoms with van der Waals surface area (Å²) in [5, 5.41) is 14.5. The van der Waals surface area contributed by atoms with Crippen LogP contribution in [0.2, 0.25) is 5.02 Å². The van der Waals surface area contributed by atoms with E-state index < -0.39 is 17.6 Å². The van der Waals surface area contributed by atoms with Crippen molar-refractivity contribution in [3.63, 3.8) is 0 Å². The first-order chi connectivity index (χ1) is 15.7. The number of carboxylic acid groups (broad SMARTS) is 1. The molecular formula is C24H26BrClNO6-. The van der Waals surface area contributed by atoms with E-state index in [9.17, 15) is 14.7 Å². The lowest BCUT2D eigenvalue weighted by atomic mass is 10.1. The van der Waals surface area contributed by atoms with E-state index in [0.717, 1.165) is 24.0 Å². The Balaban J connectivity index is 2.15. The van der Waals surface area contributed by atoms with E-state index in [4.69, 9.17) is 25.8 Å². The Morgan fingerprint density at radius 3 is 2.39 bits per heavy atom. The van der Waals surface area contributed by atoms with Gasteiger partial charge in [-0.05, 0) is 83.2 Å². The number of ether oxygens (including phenoxy) is 3. The van der Waals surface area contributed by atoms with Gasteiger partial charge in [0.15, 0.2) is 18.1 Å². The molecular weight excluding hydrogens is 514 g/mol. The van der Waals surface area contributed by atoms with E-state index in [1.807, 2.05) is 13.8 Å². The van der Waals surface area contributed by atoms with E-state index in [2.05, 4.69) is 28.2 Å². The van der Waals surface area contributed by atoms with E-state index >= 15 is 0 Å². The molecule has 0 saturated carbocycles. The van der Waals surface area contributed by atoms with Gasteiger partial charge in [-0.25, -0.2) is 0 Å². The average Bonchev–Trinajstić information content (AvgIpc) is 2.76. The third-order valence-electron chi connectivity index (χ3n) is 4.58. The second-order valence-corrected chi connectivity index (χ2v) is 8.52. The minimum absolute atomic E-state index is 0.387. The summed E-state index contributed by atoms with van der Waals surface area (Å²) in [6.07, 6.45) is 3.14. The highest BCUT2D eigenvalue weighted by molar-refractivity contribution is 9.10. The molecule has 1 amide bonds. The molecule has 0 aliphatic rings. The maximum absolute atomic E-state index is 12.3. The molecule has 0 fully saturated rings. The van der Waals surface area contributed by atoms with Gasteiger partial charge in [0, 0.05) is 5.02 Å². The lowest BCUT2D eigenvalue weighted by molar-refractivity contribution is -0.299. The van der Waals surface area contributed by atoms with Crippen molar-refractivity contribution in [1.29, 1.82) is 0 Å². The van der Waals surface area contributed by atoms with Gasteiger partial charge in [-0.1, -0.05) is 24.9 Å². The minimum atomic E-state index is -1.54. The fourth-order valence-corrected chi connectivity index (χ4v) is 3.60. The molecule has 0 aromatic heterocycles. The second-order valence-electron chi connectivity index (χ2n) is 7.29. The zero-order valence-electron chi connectivity index (χ0n) is 18.9. The number of aliphatic carboxylic acids is 1. The predicted octanol–water partition coefficient (Wildman–Crippen LogP) is 4.19. The average molecular weight is 540 g/mol. The molecule has 0 atom stereocenters. The van der Waals surface area contributed by atoms with Crippen LogP contribution < -0.4 is 24.6 Å². The van der Waals surface area contributed by atoms with Crippen molar-refractivity contribution in [2.75, 3.05) is 20.3 Å². The molecule has 0 aliphatic carbocycles. The number of benzene rings is 2. The number of unbranched alkanes of at least 4 members (excludes halogenated alkanes) is 1. The highest BCUT2D eigenvalue weighted by Crippen LogP contribution is 2.37. The van der Waals surface area contributed by atoms with Crippen LogP contribution >= 0.6 is 27.5 Å². The van der Waals surface area contributed by atoms with Crippen LogP contribution in [-0.2, 0) is 9.59 Å². The summed E-state index contributed by atoms with van der Waals surface area (Å²) in [5.41, 5.74) is 1.67. The summed E-state index contributed by atoms with van der Waals surface area (Å²) < 4.78 is 17.2. The molecule has 2 rings (SSSR count). The molecule has 2 aromatic carbocycles. The van der Waals surface area contributed by atoms with Gasteiger partial charge in [-0.2, -0.15) is 0 Å². The van der Waals surface area contributed by atoms with Crippen molar-refractivity contribution < 1.29 is 28.9 Å². The summed E-state index contributed by atoms with van der Waals surface area (Å²) in [6.45, 7) is 5.84. The minimum Gasteiger partial charge on any atom is -0.543 e. The number of carbonyl (C=O) groups is 2. The van der Waals surface area contributed by atoms with Crippen LogP contribution in [0.1, 0.15) is 36.5 Å². The molecule has 9 heteroatoms. The van der Waals surface area contributed by atoms with E-state index in [1.165, 1.54) is 13.2 Å². The Hall–Kier alpha value is -2.71. The van der Waals surface area contributed by atoms with Crippen molar-refractivity contribution in [2.24, 2.45) is 0 Å². The number of hydrogen-bond donors (Lipinski definition) is 1. The SMILES string of the molecule is CCCCOc1c(Br)cc(/C=C(/NC(=O)COc2cc(C)c(Cl)c(C)c2)C(=O)[O-])cc1OC. The highest BCUT2D eigenvalue weighted by atomic mass is 79.9. The Morgan fingerprint density at radius 1 is 1.15 bits per heavy atom. The number of rotatable bonds is 11. The Labute approximate surface area is 206 Å². The normalized spacial score (nSPS) is 11.2. The Bertz CT molecular complexity index is 1030. The summed E-state index contributed by atoms with van der Waals surface area (Å²) >= 11 is 9.55. The summed E-state index contributed by atoms with van der Waals surface area (Å²) in [5.74, 6) is -0.798. The first-order valence-corrected chi connectivity index (χ1v) is 11.5. The molecule has 0 heterocycles. The molecule has 7 nitrogen and oxygen atoms in total. The van der Waals surface area contributed by atoms with Crippen molar-refractivity contribution in [1.82, 2.24) is 5.32 Å². The van der Waals surface area contributed by atoms with Gasteiger partial charge >= 0.3 is 0 Å². The Morgan fingerprint density at radius 2 is 1.82 bits per heavy atom. The van der Waals surface area contributed by atoms with Crippen LogP contribution in [0, 0.1) is 13.8 Å². The smallest absolute Gasteiger partial charge is 0.262 e. The molecule has 0 unspecified atom stereocenters. The van der Waals surface area contributed by atoms with Crippen LogP contribution in [0.3, 0.4) is 0 Å². The molecule has 0 bridgehead atoms. The zero-order chi connectivity index (χ0) is 24.5. The highest BCUT2D eigenvalue weighted by Gasteiger charge is 2.13. The second kappa shape index (κ2) is 12.5. The summed E-state index contributed by atoms with van der Waals surface area (Å²) in [7, 11) is 1.49. The molecule has 0 saturated heterocycles. The Kier molecular flexibility index (Phi) is 10.1. The van der Waals surface area contributed by atoms with Crippen LogP contribution in [0.25, 0.3) is 6.08 Å². The molecule has 1 N–H and O–H groups in total. The molecule has 178 valence electrons. The van der Waals surface area contributed by atoms with Gasteiger partial charge in [-0.15, -0.1) is 0 Å². The summed E-state index contributed by atoms with van der Waals surface area (Å²) in [6, 6.07) is 6.67. The molecule has 0 spiro atoms. The van der Waals surface area contributed by atoms with Crippen molar-refractivity contribution in [2.45, 2.75) is 33.6 Å². The number of hydrogen-bond acceptors (Lipinski definition) is 6. The van der Waals surface area contributed by atoms with Crippen molar-refractivity contribution in [3.05, 3.63) is 56.1 Å². The standard InChI is InChI=1S/C24H27BrClNO6/c1-5-6-7-32-23-18(25)10-16(12-20(23)31-4)11-19(24(29)30)27-21(28)13-33-17-8-14(2)22(26)15(3)9-17/h8-12H,5-7,13H2,1-4H3,(H,27,28)(H,29,30)/p-1/b19-11+. The van der Waals surface area contributed by atoms with Crippen molar-refractivity contribution >= 4 is 45.5 Å².